The molecule has 0 bridgehead atoms. The van der Waals surface area contributed by atoms with Crippen molar-refractivity contribution < 1.29 is 4.74 Å². The van der Waals surface area contributed by atoms with Crippen LogP contribution in [0.1, 0.15) is 5.56 Å². The number of hydrogen-bond donors (Lipinski definition) is 0. The number of ether oxygens (including phenoxy) is 1. The van der Waals surface area contributed by atoms with E-state index in [1.807, 2.05) is 49.3 Å². The van der Waals surface area contributed by atoms with E-state index in [1.54, 1.807) is 7.11 Å². The number of likely N-dealkylation sites (N-methyl/N-ethyl adjacent to an activating group) is 1. The van der Waals surface area contributed by atoms with Crippen LogP contribution in [0.15, 0.2) is 29.8 Å². The number of methoxy groups -OCH3 is 1. The fraction of sp³-hybridized carbons (Fsp3) is 0.308. The van der Waals surface area contributed by atoms with Crippen molar-refractivity contribution in [2.24, 2.45) is 0 Å². The van der Waals surface area contributed by atoms with Gasteiger partial charge in [-0.1, -0.05) is 18.2 Å². The third kappa shape index (κ3) is 3.41. The Morgan fingerprint density at radius 3 is 2.69 bits per heavy atom. The molecule has 0 heterocycles. The van der Waals surface area contributed by atoms with Crippen molar-refractivity contribution in [1.82, 2.24) is 4.90 Å². The van der Waals surface area contributed by atoms with Gasteiger partial charge in [-0.3, -0.25) is 0 Å². The van der Waals surface area contributed by atoms with E-state index in [9.17, 15) is 0 Å². The van der Waals surface area contributed by atoms with Gasteiger partial charge in [-0.05, 0) is 26.2 Å². The Morgan fingerprint density at radius 2 is 2.12 bits per heavy atom. The average molecular weight is 216 g/mol. The smallest absolute Gasteiger partial charge is 0.126 e. The van der Waals surface area contributed by atoms with Gasteiger partial charge >= 0.3 is 0 Å². The summed E-state index contributed by atoms with van der Waals surface area (Å²) in [6.07, 6.45) is 1.86. The molecule has 3 nitrogen and oxygen atoms in total. The number of benzene rings is 1. The molecule has 84 valence electrons. The molecule has 0 fully saturated rings. The van der Waals surface area contributed by atoms with Crippen molar-refractivity contribution >= 4 is 6.08 Å². The highest BCUT2D eigenvalue weighted by Crippen LogP contribution is 2.20. The molecule has 0 aliphatic heterocycles. The molecule has 16 heavy (non-hydrogen) atoms. The molecule has 0 N–H and O–H groups in total. The summed E-state index contributed by atoms with van der Waals surface area (Å²) in [7, 11) is 5.51. The molecule has 0 saturated heterocycles. The molecule has 0 saturated carbocycles. The van der Waals surface area contributed by atoms with Crippen LogP contribution in [0.5, 0.6) is 5.75 Å². The van der Waals surface area contributed by atoms with E-state index in [0.29, 0.717) is 6.54 Å². The molecule has 0 unspecified atom stereocenters. The summed E-state index contributed by atoms with van der Waals surface area (Å²) in [6.45, 7) is 0.633. The van der Waals surface area contributed by atoms with Gasteiger partial charge in [-0.25, -0.2) is 0 Å². The summed E-state index contributed by atoms with van der Waals surface area (Å²) in [5.41, 5.74) is 1.65. The minimum absolute atomic E-state index is 0.633. The Hall–Kier alpha value is -1.79. The Bertz CT molecular complexity index is 416. The molecule has 1 aromatic carbocycles. The molecule has 0 atom stereocenters. The van der Waals surface area contributed by atoms with Gasteiger partial charge in [0.05, 0.1) is 13.2 Å². The number of para-hydroxylation sites is 1. The monoisotopic (exact) mass is 216 g/mol. The topological polar surface area (TPSA) is 36.3 Å². The highest BCUT2D eigenvalue weighted by molar-refractivity contribution is 5.62. The fourth-order valence-electron chi connectivity index (χ4n) is 1.43. The van der Waals surface area contributed by atoms with Gasteiger partial charge in [-0.2, -0.15) is 5.26 Å². The fourth-order valence-corrected chi connectivity index (χ4v) is 1.43. The number of nitriles is 1. The van der Waals surface area contributed by atoms with Crippen molar-refractivity contribution in [3.05, 3.63) is 35.4 Å². The van der Waals surface area contributed by atoms with Crippen LogP contribution in [-0.4, -0.2) is 32.6 Å². The average Bonchev–Trinajstić information content (AvgIpc) is 2.28. The van der Waals surface area contributed by atoms with E-state index in [1.165, 1.54) is 0 Å². The molecule has 0 spiro atoms. The Morgan fingerprint density at radius 1 is 1.44 bits per heavy atom. The van der Waals surface area contributed by atoms with Crippen LogP contribution >= 0.6 is 0 Å². The quantitative estimate of drug-likeness (QED) is 0.724. The van der Waals surface area contributed by atoms with Gasteiger partial charge in [0.2, 0.25) is 0 Å². The summed E-state index contributed by atoms with van der Waals surface area (Å²) >= 11 is 0. The zero-order valence-electron chi connectivity index (χ0n) is 9.90. The Balaban J connectivity index is 3.00. The first-order valence-corrected chi connectivity index (χ1v) is 5.05. The van der Waals surface area contributed by atoms with E-state index in [2.05, 4.69) is 6.07 Å². The van der Waals surface area contributed by atoms with Gasteiger partial charge in [0, 0.05) is 17.7 Å². The molecule has 1 rings (SSSR count). The molecule has 0 aliphatic carbocycles. The Labute approximate surface area is 96.6 Å². The van der Waals surface area contributed by atoms with Gasteiger partial charge in [-0.15, -0.1) is 0 Å². The van der Waals surface area contributed by atoms with Crippen LogP contribution in [-0.2, 0) is 0 Å². The summed E-state index contributed by atoms with van der Waals surface area (Å²) in [5, 5.41) is 9.01. The third-order valence-electron chi connectivity index (χ3n) is 2.10. The van der Waals surface area contributed by atoms with Crippen molar-refractivity contribution in [3.63, 3.8) is 0 Å². The summed E-state index contributed by atoms with van der Waals surface area (Å²) < 4.78 is 5.23. The standard InChI is InChI=1S/C13H16N2O/c1-15(2)10-11(9-14)8-12-6-4-5-7-13(12)16-3/h4-8H,10H2,1-3H3/b11-8-. The molecule has 0 aromatic heterocycles. The van der Waals surface area contributed by atoms with Crippen LogP contribution in [0.2, 0.25) is 0 Å². The van der Waals surface area contributed by atoms with Gasteiger partial charge in [0.1, 0.15) is 5.75 Å². The van der Waals surface area contributed by atoms with E-state index in [0.717, 1.165) is 16.9 Å². The lowest BCUT2D eigenvalue weighted by molar-refractivity contribution is 0.413. The number of rotatable bonds is 4. The van der Waals surface area contributed by atoms with E-state index in [4.69, 9.17) is 10.00 Å². The van der Waals surface area contributed by atoms with Crippen LogP contribution in [0.25, 0.3) is 6.08 Å². The molecular weight excluding hydrogens is 200 g/mol. The molecular formula is C13H16N2O. The SMILES string of the molecule is COc1ccccc1/C=C(/C#N)CN(C)C. The van der Waals surface area contributed by atoms with Gasteiger partial charge in [0.15, 0.2) is 0 Å². The van der Waals surface area contributed by atoms with Crippen LogP contribution in [0.3, 0.4) is 0 Å². The van der Waals surface area contributed by atoms with Gasteiger partial charge in [0.25, 0.3) is 0 Å². The van der Waals surface area contributed by atoms with Crippen molar-refractivity contribution in [3.8, 4) is 11.8 Å². The summed E-state index contributed by atoms with van der Waals surface area (Å²) in [5.74, 6) is 0.786. The minimum Gasteiger partial charge on any atom is -0.496 e. The maximum absolute atomic E-state index is 9.01. The third-order valence-corrected chi connectivity index (χ3v) is 2.10. The summed E-state index contributed by atoms with van der Waals surface area (Å²) in [6, 6.07) is 9.86. The first kappa shape index (κ1) is 12.3. The first-order chi connectivity index (χ1) is 7.67. The predicted octanol–water partition coefficient (Wildman–Crippen LogP) is 2.16. The normalized spacial score (nSPS) is 11.3. The van der Waals surface area contributed by atoms with E-state index in [-0.39, 0.29) is 0 Å². The zero-order valence-corrected chi connectivity index (χ0v) is 9.90. The van der Waals surface area contributed by atoms with Crippen molar-refractivity contribution in [1.29, 1.82) is 5.26 Å². The van der Waals surface area contributed by atoms with Crippen LogP contribution in [0.4, 0.5) is 0 Å². The summed E-state index contributed by atoms with van der Waals surface area (Å²) in [4.78, 5) is 1.96. The highest BCUT2D eigenvalue weighted by Gasteiger charge is 2.02. The highest BCUT2D eigenvalue weighted by atomic mass is 16.5. The minimum atomic E-state index is 0.633. The predicted molar refractivity (Wildman–Crippen MR) is 65.1 cm³/mol. The lowest BCUT2D eigenvalue weighted by Crippen LogP contribution is -2.14. The van der Waals surface area contributed by atoms with Crippen molar-refractivity contribution in [2.75, 3.05) is 27.7 Å². The molecule has 3 heteroatoms. The van der Waals surface area contributed by atoms with E-state index >= 15 is 0 Å². The zero-order chi connectivity index (χ0) is 12.0. The molecule has 0 amide bonds. The maximum Gasteiger partial charge on any atom is 0.126 e. The second-order valence-corrected chi connectivity index (χ2v) is 3.76. The maximum atomic E-state index is 9.01. The molecule has 1 aromatic rings. The van der Waals surface area contributed by atoms with Crippen LogP contribution in [0, 0.1) is 11.3 Å². The van der Waals surface area contributed by atoms with Gasteiger partial charge < -0.3 is 9.64 Å². The first-order valence-electron chi connectivity index (χ1n) is 5.05. The number of nitrogens with zero attached hydrogens (tertiary/aromatic N) is 2. The Kier molecular flexibility index (Phi) is 4.56. The second kappa shape index (κ2) is 5.94. The largest absolute Gasteiger partial charge is 0.496 e. The van der Waals surface area contributed by atoms with Crippen molar-refractivity contribution in [2.45, 2.75) is 0 Å². The van der Waals surface area contributed by atoms with E-state index < -0.39 is 0 Å². The second-order valence-electron chi connectivity index (χ2n) is 3.76. The lowest BCUT2D eigenvalue weighted by Gasteiger charge is -2.09. The van der Waals surface area contributed by atoms with Crippen LogP contribution < -0.4 is 4.74 Å². The molecule has 0 aliphatic rings. The molecule has 0 radical (unpaired) electrons. The number of hydrogen-bond acceptors (Lipinski definition) is 3. The lowest BCUT2D eigenvalue weighted by atomic mass is 10.1.